The van der Waals surface area contributed by atoms with Crippen molar-refractivity contribution < 1.29 is 0 Å². The maximum absolute atomic E-state index is 5.95. The van der Waals surface area contributed by atoms with E-state index < -0.39 is 0 Å². The highest BCUT2D eigenvalue weighted by Gasteiger charge is 2.18. The summed E-state index contributed by atoms with van der Waals surface area (Å²) in [6.45, 7) is 8.10. The second-order valence-electron chi connectivity index (χ2n) is 6.12. The molecular formula is C17H25N7. The lowest BCUT2D eigenvalue weighted by atomic mass is 10.2. The molecule has 2 N–H and O–H groups in total. The minimum absolute atomic E-state index is 0.279. The summed E-state index contributed by atoms with van der Waals surface area (Å²) in [5.74, 6) is 1.14. The van der Waals surface area contributed by atoms with Crippen LogP contribution < -0.4 is 10.6 Å². The van der Waals surface area contributed by atoms with E-state index in [2.05, 4.69) is 45.6 Å². The summed E-state index contributed by atoms with van der Waals surface area (Å²) in [7, 11) is 2.13. The van der Waals surface area contributed by atoms with E-state index in [0.717, 1.165) is 67.6 Å². The Kier molecular flexibility index (Phi) is 4.89. The molecule has 0 radical (unpaired) electrons. The van der Waals surface area contributed by atoms with Gasteiger partial charge in [-0.15, -0.1) is 0 Å². The number of anilines is 2. The smallest absolute Gasteiger partial charge is 0.222 e. The van der Waals surface area contributed by atoms with E-state index in [1.54, 1.807) is 6.20 Å². The Morgan fingerprint density at radius 1 is 0.958 bits per heavy atom. The highest BCUT2D eigenvalue weighted by Crippen LogP contribution is 2.22. The number of aromatic nitrogens is 4. The van der Waals surface area contributed by atoms with Gasteiger partial charge < -0.3 is 15.5 Å². The number of rotatable bonds is 4. The fraction of sp³-hybridized carbons (Fsp3) is 0.529. The van der Waals surface area contributed by atoms with Crippen molar-refractivity contribution in [1.29, 1.82) is 0 Å². The fourth-order valence-electron chi connectivity index (χ4n) is 2.94. The Hall–Kier alpha value is -2.28. The molecule has 0 saturated carbocycles. The summed E-state index contributed by atoms with van der Waals surface area (Å²) < 4.78 is 0. The predicted octanol–water partition coefficient (Wildman–Crippen LogP) is 1.39. The third kappa shape index (κ3) is 3.46. The normalized spacial score (nSPS) is 15.7. The maximum Gasteiger partial charge on any atom is 0.222 e. The lowest BCUT2D eigenvalue weighted by Crippen LogP contribution is -2.44. The third-order valence-corrected chi connectivity index (χ3v) is 4.42. The molecule has 1 fully saturated rings. The van der Waals surface area contributed by atoms with Gasteiger partial charge in [-0.3, -0.25) is 4.98 Å². The van der Waals surface area contributed by atoms with E-state index in [4.69, 9.17) is 10.7 Å². The van der Waals surface area contributed by atoms with Crippen molar-refractivity contribution in [1.82, 2.24) is 24.8 Å². The summed E-state index contributed by atoms with van der Waals surface area (Å²) >= 11 is 0. The van der Waals surface area contributed by atoms with Gasteiger partial charge in [0.15, 0.2) is 0 Å². The van der Waals surface area contributed by atoms with Crippen molar-refractivity contribution in [2.45, 2.75) is 26.7 Å². The molecule has 0 aliphatic carbocycles. The number of piperazine rings is 1. The largest absolute Gasteiger partial charge is 0.368 e. The van der Waals surface area contributed by atoms with E-state index in [1.165, 1.54) is 0 Å². The third-order valence-electron chi connectivity index (χ3n) is 4.42. The molecule has 7 heteroatoms. The van der Waals surface area contributed by atoms with Gasteiger partial charge in [-0.25, -0.2) is 9.97 Å². The summed E-state index contributed by atoms with van der Waals surface area (Å²) in [6, 6.07) is 1.97. The number of hydrogen-bond donors (Lipinski definition) is 1. The molecule has 1 aliphatic heterocycles. The van der Waals surface area contributed by atoms with E-state index >= 15 is 0 Å². The van der Waals surface area contributed by atoms with Crippen molar-refractivity contribution in [3.63, 3.8) is 0 Å². The molecule has 2 aromatic heterocycles. The minimum Gasteiger partial charge on any atom is -0.368 e. The fourth-order valence-corrected chi connectivity index (χ4v) is 2.94. The summed E-state index contributed by atoms with van der Waals surface area (Å²) in [4.78, 5) is 22.6. The second kappa shape index (κ2) is 7.09. The molecule has 3 rings (SSSR count). The first-order valence-corrected chi connectivity index (χ1v) is 8.54. The molecule has 7 nitrogen and oxygen atoms in total. The van der Waals surface area contributed by atoms with E-state index in [0.29, 0.717) is 0 Å². The standard InChI is InChI=1S/C17H25N7/c1-4-12-13(5-2)20-15(11-19-12)14-10-16(22-17(18)21-14)24-8-6-23(3)7-9-24/h10-11H,4-9H2,1-3H3,(H2,18,21,22). The molecule has 0 bridgehead atoms. The SMILES string of the molecule is CCc1ncc(-c2cc(N3CCN(C)CC3)nc(N)n2)nc1CC. The van der Waals surface area contributed by atoms with Crippen molar-refractivity contribution >= 4 is 11.8 Å². The molecule has 0 unspecified atom stereocenters. The Morgan fingerprint density at radius 3 is 2.33 bits per heavy atom. The lowest BCUT2D eigenvalue weighted by Gasteiger charge is -2.33. The number of nitrogens with zero attached hydrogens (tertiary/aromatic N) is 6. The van der Waals surface area contributed by atoms with Crippen LogP contribution in [0.25, 0.3) is 11.4 Å². The molecule has 3 heterocycles. The van der Waals surface area contributed by atoms with Crippen LogP contribution in [-0.4, -0.2) is 58.1 Å². The summed E-state index contributed by atoms with van der Waals surface area (Å²) in [5, 5.41) is 0. The van der Waals surface area contributed by atoms with Crippen LogP contribution in [-0.2, 0) is 12.8 Å². The average molecular weight is 327 g/mol. The average Bonchev–Trinajstić information content (AvgIpc) is 2.61. The summed E-state index contributed by atoms with van der Waals surface area (Å²) in [6.07, 6.45) is 3.53. The Bertz CT molecular complexity index is 708. The van der Waals surface area contributed by atoms with Gasteiger partial charge in [-0.05, 0) is 19.9 Å². The monoisotopic (exact) mass is 327 g/mol. The lowest BCUT2D eigenvalue weighted by molar-refractivity contribution is 0.312. The zero-order chi connectivity index (χ0) is 17.1. The van der Waals surface area contributed by atoms with E-state index in [9.17, 15) is 0 Å². The number of likely N-dealkylation sites (N-methyl/N-ethyl adjacent to an activating group) is 1. The van der Waals surface area contributed by atoms with Crippen LogP contribution in [0.2, 0.25) is 0 Å². The molecule has 1 aliphatic rings. The van der Waals surface area contributed by atoms with Crippen LogP contribution in [0, 0.1) is 0 Å². The van der Waals surface area contributed by atoms with Crippen LogP contribution in [0.15, 0.2) is 12.3 Å². The van der Waals surface area contributed by atoms with Crippen LogP contribution in [0.5, 0.6) is 0 Å². The van der Waals surface area contributed by atoms with E-state index in [1.807, 2.05) is 6.07 Å². The Morgan fingerprint density at radius 2 is 1.67 bits per heavy atom. The maximum atomic E-state index is 5.95. The van der Waals surface area contributed by atoms with Gasteiger partial charge >= 0.3 is 0 Å². The van der Waals surface area contributed by atoms with Gasteiger partial charge in [0.2, 0.25) is 5.95 Å². The first-order chi connectivity index (χ1) is 11.6. The van der Waals surface area contributed by atoms with Gasteiger partial charge in [0.05, 0.1) is 23.3 Å². The second-order valence-corrected chi connectivity index (χ2v) is 6.12. The van der Waals surface area contributed by atoms with Crippen LogP contribution in [0.3, 0.4) is 0 Å². The molecule has 2 aromatic rings. The van der Waals surface area contributed by atoms with Crippen molar-refractivity contribution in [3.8, 4) is 11.4 Å². The van der Waals surface area contributed by atoms with Gasteiger partial charge in [0.1, 0.15) is 11.5 Å². The highest BCUT2D eigenvalue weighted by molar-refractivity contribution is 5.61. The first kappa shape index (κ1) is 16.6. The molecule has 0 spiro atoms. The van der Waals surface area contributed by atoms with E-state index in [-0.39, 0.29) is 5.95 Å². The highest BCUT2D eigenvalue weighted by atomic mass is 15.3. The molecule has 0 amide bonds. The molecule has 1 saturated heterocycles. The molecular weight excluding hydrogens is 302 g/mol. The first-order valence-electron chi connectivity index (χ1n) is 8.54. The van der Waals surface area contributed by atoms with Crippen LogP contribution in [0.1, 0.15) is 25.2 Å². The van der Waals surface area contributed by atoms with Crippen LogP contribution in [0.4, 0.5) is 11.8 Å². The Labute approximate surface area is 143 Å². The number of nitrogen functional groups attached to an aromatic ring is 1. The minimum atomic E-state index is 0.279. The molecule has 128 valence electrons. The van der Waals surface area contributed by atoms with Crippen molar-refractivity contribution in [3.05, 3.63) is 23.7 Å². The predicted molar refractivity (Wildman–Crippen MR) is 95.9 cm³/mol. The Balaban J connectivity index is 1.94. The van der Waals surface area contributed by atoms with Gasteiger partial charge in [-0.1, -0.05) is 13.8 Å². The summed E-state index contributed by atoms with van der Waals surface area (Å²) in [5.41, 5.74) is 9.51. The number of nitrogens with two attached hydrogens (primary N) is 1. The zero-order valence-corrected chi connectivity index (χ0v) is 14.7. The van der Waals surface area contributed by atoms with Crippen molar-refractivity contribution in [2.75, 3.05) is 43.9 Å². The molecule has 0 aromatic carbocycles. The number of hydrogen-bond acceptors (Lipinski definition) is 7. The quantitative estimate of drug-likeness (QED) is 0.908. The molecule has 24 heavy (non-hydrogen) atoms. The van der Waals surface area contributed by atoms with Crippen molar-refractivity contribution in [2.24, 2.45) is 0 Å². The van der Waals surface area contributed by atoms with Gasteiger partial charge in [0.25, 0.3) is 0 Å². The topological polar surface area (TPSA) is 84.1 Å². The zero-order valence-electron chi connectivity index (χ0n) is 14.7. The molecule has 0 atom stereocenters. The van der Waals surface area contributed by atoms with Crippen LogP contribution >= 0.6 is 0 Å². The van der Waals surface area contributed by atoms with Gasteiger partial charge in [-0.2, -0.15) is 4.98 Å². The van der Waals surface area contributed by atoms with Gasteiger partial charge in [0, 0.05) is 32.2 Å². The number of aryl methyl sites for hydroxylation is 2.